The third-order valence-corrected chi connectivity index (χ3v) is 3.51. The van der Waals surface area contributed by atoms with Crippen LogP contribution in [0.4, 0.5) is 10.6 Å². The maximum absolute atomic E-state index is 12.1. The highest BCUT2D eigenvalue weighted by atomic mass is 16.5. The molecule has 1 aromatic rings. The molecule has 1 fully saturated rings. The van der Waals surface area contributed by atoms with Crippen LogP contribution in [0, 0.1) is 0 Å². The number of carbonyl (C=O) groups is 1. The summed E-state index contributed by atoms with van der Waals surface area (Å²) in [4.78, 5) is 20.0. The van der Waals surface area contributed by atoms with E-state index in [0.29, 0.717) is 11.6 Å². The van der Waals surface area contributed by atoms with Gasteiger partial charge in [-0.15, -0.1) is 0 Å². The molecular weight excluding hydrogens is 272 g/mol. The number of hydrogen-bond acceptors (Lipinski definition) is 5. The van der Waals surface area contributed by atoms with Gasteiger partial charge in [0.1, 0.15) is 6.33 Å². The van der Waals surface area contributed by atoms with Crippen LogP contribution in [0.15, 0.2) is 12.5 Å². The van der Waals surface area contributed by atoms with Gasteiger partial charge in [-0.2, -0.15) is 0 Å². The van der Waals surface area contributed by atoms with Crippen LogP contribution in [-0.2, 0) is 4.74 Å². The number of carbonyl (C=O) groups excluding carboxylic acids is 1. The normalized spacial score (nSPS) is 22.6. The van der Waals surface area contributed by atoms with Crippen molar-refractivity contribution in [2.24, 2.45) is 0 Å². The minimum atomic E-state index is -0.420. The summed E-state index contributed by atoms with van der Waals surface area (Å²) in [6.45, 7) is 7.97. The molecule has 2 rings (SSSR count). The number of methoxy groups -OCH3 is 1. The fraction of sp³-hybridized carbons (Fsp3) is 0.643. The molecule has 0 spiro atoms. The average molecular weight is 294 g/mol. The minimum absolute atomic E-state index is 0.0830. The zero-order chi connectivity index (χ0) is 15.7. The molecule has 0 aromatic carbocycles. The number of nitrogens with one attached hydrogen (secondary N) is 2. The summed E-state index contributed by atoms with van der Waals surface area (Å²) in [6, 6.07) is -0.424. The van der Waals surface area contributed by atoms with E-state index in [4.69, 9.17) is 9.47 Å². The number of rotatable bonds is 3. The van der Waals surface area contributed by atoms with Gasteiger partial charge in [-0.05, 0) is 34.1 Å². The monoisotopic (exact) mass is 294 g/mol. The Morgan fingerprint density at radius 2 is 2.14 bits per heavy atom. The lowest BCUT2D eigenvalue weighted by Gasteiger charge is -2.27. The smallest absolute Gasteiger partial charge is 0.320 e. The number of urea groups is 1. The van der Waals surface area contributed by atoms with Gasteiger partial charge in [0.25, 0.3) is 0 Å². The van der Waals surface area contributed by atoms with Crippen LogP contribution in [-0.4, -0.2) is 40.4 Å². The lowest BCUT2D eigenvalue weighted by atomic mass is 9.95. The summed E-state index contributed by atoms with van der Waals surface area (Å²) in [6.07, 6.45) is 3.59. The largest absolute Gasteiger partial charge is 0.491 e. The van der Waals surface area contributed by atoms with Crippen LogP contribution in [0.2, 0.25) is 0 Å². The molecule has 0 aliphatic carbocycles. The molecule has 1 aliphatic rings. The van der Waals surface area contributed by atoms with Gasteiger partial charge >= 0.3 is 6.03 Å². The summed E-state index contributed by atoms with van der Waals surface area (Å²) in [7, 11) is 1.50. The van der Waals surface area contributed by atoms with Gasteiger partial charge in [0.2, 0.25) is 0 Å². The number of hydrogen-bond donors (Lipinski definition) is 2. The molecule has 0 saturated carbocycles. The Balaban J connectivity index is 2.02. The van der Waals surface area contributed by atoms with E-state index < -0.39 is 5.60 Å². The van der Waals surface area contributed by atoms with Crippen molar-refractivity contribution < 1.29 is 14.3 Å². The van der Waals surface area contributed by atoms with Gasteiger partial charge in [-0.1, -0.05) is 0 Å². The van der Waals surface area contributed by atoms with Crippen LogP contribution in [0.1, 0.15) is 34.1 Å². The van der Waals surface area contributed by atoms with Crippen molar-refractivity contribution in [1.82, 2.24) is 15.3 Å². The number of ether oxygens (including phenoxy) is 2. The van der Waals surface area contributed by atoms with E-state index in [2.05, 4.69) is 20.6 Å². The molecule has 2 amide bonds. The molecule has 7 heteroatoms. The molecule has 2 N–H and O–H groups in total. The molecule has 1 unspecified atom stereocenters. The number of aromatic nitrogens is 2. The molecule has 2 heterocycles. The quantitative estimate of drug-likeness (QED) is 0.890. The first-order valence-corrected chi connectivity index (χ1v) is 6.85. The van der Waals surface area contributed by atoms with Crippen molar-refractivity contribution >= 4 is 11.8 Å². The summed E-state index contributed by atoms with van der Waals surface area (Å²) in [5.74, 6) is 0.746. The molecular formula is C14H22N4O3. The summed E-state index contributed by atoms with van der Waals surface area (Å²) in [5.41, 5.74) is -0.676. The standard InChI is InChI=1S/C14H22N4O3/c1-13(2)6-10(14(3,4)21-13)17-12(19)18-11-9(20-5)7-15-8-16-11/h7-8,10H,6H2,1-5H3,(H2,15,16,17,18,19). The second-order valence-corrected chi connectivity index (χ2v) is 6.26. The van der Waals surface area contributed by atoms with Gasteiger partial charge in [-0.25, -0.2) is 14.8 Å². The van der Waals surface area contributed by atoms with Gasteiger partial charge in [0.05, 0.1) is 30.6 Å². The van der Waals surface area contributed by atoms with Crippen LogP contribution < -0.4 is 15.4 Å². The fourth-order valence-corrected chi connectivity index (χ4v) is 2.65. The highest BCUT2D eigenvalue weighted by Gasteiger charge is 2.46. The van der Waals surface area contributed by atoms with E-state index in [1.54, 1.807) is 0 Å². The summed E-state index contributed by atoms with van der Waals surface area (Å²) < 4.78 is 11.0. The first-order chi connectivity index (χ1) is 9.73. The second kappa shape index (κ2) is 5.48. The lowest BCUT2D eigenvalue weighted by Crippen LogP contribution is -2.47. The topological polar surface area (TPSA) is 85.4 Å². The van der Waals surface area contributed by atoms with E-state index in [1.807, 2.05) is 27.7 Å². The number of nitrogens with zero attached hydrogens (tertiary/aromatic N) is 2. The van der Waals surface area contributed by atoms with Gasteiger partial charge in [0, 0.05) is 0 Å². The molecule has 21 heavy (non-hydrogen) atoms. The molecule has 7 nitrogen and oxygen atoms in total. The predicted octanol–water partition coefficient (Wildman–Crippen LogP) is 1.95. The van der Waals surface area contributed by atoms with E-state index >= 15 is 0 Å². The summed E-state index contributed by atoms with van der Waals surface area (Å²) in [5, 5.41) is 5.61. The van der Waals surface area contributed by atoms with Gasteiger partial charge in [0.15, 0.2) is 11.6 Å². The Hall–Kier alpha value is -1.89. The Bertz CT molecular complexity index is 531. The highest BCUT2D eigenvalue weighted by molar-refractivity contribution is 5.89. The molecule has 1 aromatic heterocycles. The molecule has 0 radical (unpaired) electrons. The third-order valence-electron chi connectivity index (χ3n) is 3.51. The number of anilines is 1. The fourth-order valence-electron chi connectivity index (χ4n) is 2.65. The molecule has 1 aliphatic heterocycles. The third kappa shape index (κ3) is 3.60. The van der Waals surface area contributed by atoms with E-state index in [1.165, 1.54) is 19.6 Å². The van der Waals surface area contributed by atoms with Crippen molar-refractivity contribution in [3.05, 3.63) is 12.5 Å². The molecule has 0 bridgehead atoms. The van der Waals surface area contributed by atoms with Crippen molar-refractivity contribution in [3.8, 4) is 5.75 Å². The zero-order valence-corrected chi connectivity index (χ0v) is 13.1. The Labute approximate surface area is 124 Å². The SMILES string of the molecule is COc1cncnc1NC(=O)NC1CC(C)(C)OC1(C)C. The Morgan fingerprint density at radius 1 is 1.43 bits per heavy atom. The average Bonchev–Trinajstić information content (AvgIpc) is 2.57. The van der Waals surface area contributed by atoms with Crippen LogP contribution in [0.25, 0.3) is 0 Å². The maximum atomic E-state index is 12.1. The highest BCUT2D eigenvalue weighted by Crippen LogP contribution is 2.37. The van der Waals surface area contributed by atoms with E-state index in [0.717, 1.165) is 6.42 Å². The van der Waals surface area contributed by atoms with Crippen LogP contribution >= 0.6 is 0 Å². The van der Waals surface area contributed by atoms with Crippen molar-refractivity contribution in [3.63, 3.8) is 0 Å². The van der Waals surface area contributed by atoms with E-state index in [9.17, 15) is 4.79 Å². The number of amides is 2. The van der Waals surface area contributed by atoms with Crippen LogP contribution in [0.3, 0.4) is 0 Å². The molecule has 1 saturated heterocycles. The molecule has 1 atom stereocenters. The first-order valence-electron chi connectivity index (χ1n) is 6.85. The van der Waals surface area contributed by atoms with Crippen molar-refractivity contribution in [1.29, 1.82) is 0 Å². The molecule has 116 valence electrons. The lowest BCUT2D eigenvalue weighted by molar-refractivity contribution is -0.0689. The Morgan fingerprint density at radius 3 is 2.71 bits per heavy atom. The Kier molecular flexibility index (Phi) is 4.04. The zero-order valence-electron chi connectivity index (χ0n) is 13.1. The van der Waals surface area contributed by atoms with Crippen molar-refractivity contribution in [2.75, 3.05) is 12.4 Å². The second-order valence-electron chi connectivity index (χ2n) is 6.26. The minimum Gasteiger partial charge on any atom is -0.491 e. The first kappa shape index (κ1) is 15.5. The van der Waals surface area contributed by atoms with Gasteiger partial charge in [-0.3, -0.25) is 5.32 Å². The predicted molar refractivity (Wildman–Crippen MR) is 78.4 cm³/mol. The maximum Gasteiger partial charge on any atom is 0.320 e. The van der Waals surface area contributed by atoms with E-state index in [-0.39, 0.29) is 17.7 Å². The summed E-state index contributed by atoms with van der Waals surface area (Å²) >= 11 is 0. The van der Waals surface area contributed by atoms with Crippen molar-refractivity contribution in [2.45, 2.75) is 51.4 Å². The van der Waals surface area contributed by atoms with Gasteiger partial charge < -0.3 is 14.8 Å². The van der Waals surface area contributed by atoms with Crippen LogP contribution in [0.5, 0.6) is 5.75 Å².